The standard InChI is InChI=1S/C26H23N5S/c1-18-13-21(19(2)31(18)22-11-7-4-8-12-22)16-29-30-25-24-15-23(32-26(24)28-17-27-25)14-20-9-5-3-6-10-20/h3-13,15-17H,14H2,1-2H3,(H,27,28,30). The molecule has 2 aromatic carbocycles. The van der Waals surface area contributed by atoms with Crippen molar-refractivity contribution in [1.29, 1.82) is 0 Å². The molecule has 158 valence electrons. The van der Waals surface area contributed by atoms with Gasteiger partial charge in [-0.2, -0.15) is 5.10 Å². The van der Waals surface area contributed by atoms with Gasteiger partial charge in [-0.05, 0) is 43.7 Å². The number of hydrogen-bond acceptors (Lipinski definition) is 5. The van der Waals surface area contributed by atoms with Crippen molar-refractivity contribution < 1.29 is 0 Å². The van der Waals surface area contributed by atoms with E-state index in [2.05, 4.69) is 99.6 Å². The average Bonchev–Trinajstić information content (AvgIpc) is 3.35. The van der Waals surface area contributed by atoms with Crippen LogP contribution >= 0.6 is 11.3 Å². The Kier molecular flexibility index (Phi) is 5.52. The fraction of sp³-hybridized carbons (Fsp3) is 0.115. The normalized spacial score (nSPS) is 11.4. The van der Waals surface area contributed by atoms with Crippen molar-refractivity contribution in [2.75, 3.05) is 5.43 Å². The number of anilines is 1. The van der Waals surface area contributed by atoms with Crippen molar-refractivity contribution in [1.82, 2.24) is 14.5 Å². The van der Waals surface area contributed by atoms with E-state index in [0.29, 0.717) is 0 Å². The fourth-order valence-corrected chi connectivity index (χ4v) is 4.96. The van der Waals surface area contributed by atoms with E-state index in [9.17, 15) is 0 Å². The highest BCUT2D eigenvalue weighted by Crippen LogP contribution is 2.29. The highest BCUT2D eigenvalue weighted by Gasteiger charge is 2.11. The highest BCUT2D eigenvalue weighted by molar-refractivity contribution is 7.18. The third kappa shape index (κ3) is 4.05. The van der Waals surface area contributed by atoms with Gasteiger partial charge in [0.25, 0.3) is 0 Å². The molecule has 3 heterocycles. The van der Waals surface area contributed by atoms with Gasteiger partial charge in [0.05, 0.1) is 11.6 Å². The van der Waals surface area contributed by atoms with Gasteiger partial charge in [0.2, 0.25) is 0 Å². The summed E-state index contributed by atoms with van der Waals surface area (Å²) in [6.45, 7) is 4.22. The van der Waals surface area contributed by atoms with Gasteiger partial charge in [0.1, 0.15) is 11.2 Å². The predicted octanol–water partition coefficient (Wildman–Crippen LogP) is 6.14. The zero-order valence-corrected chi connectivity index (χ0v) is 18.8. The highest BCUT2D eigenvalue weighted by atomic mass is 32.1. The Hall–Kier alpha value is -3.77. The number of aromatic nitrogens is 3. The maximum absolute atomic E-state index is 4.49. The SMILES string of the molecule is Cc1cc(C=NNc2ncnc3sc(Cc4ccccc4)cc23)c(C)n1-c1ccccc1. The molecule has 6 heteroatoms. The summed E-state index contributed by atoms with van der Waals surface area (Å²) in [5.41, 5.74) is 8.94. The summed E-state index contributed by atoms with van der Waals surface area (Å²) >= 11 is 1.70. The van der Waals surface area contributed by atoms with Crippen molar-refractivity contribution >= 4 is 33.6 Å². The van der Waals surface area contributed by atoms with Crippen LogP contribution in [0.25, 0.3) is 15.9 Å². The molecule has 5 rings (SSSR count). The number of aryl methyl sites for hydroxylation is 1. The Labute approximate surface area is 191 Å². The Morgan fingerprint density at radius 3 is 2.50 bits per heavy atom. The lowest BCUT2D eigenvalue weighted by molar-refractivity contribution is 0.965. The summed E-state index contributed by atoms with van der Waals surface area (Å²) in [7, 11) is 0. The molecular formula is C26H23N5S. The number of nitrogens with zero attached hydrogens (tertiary/aromatic N) is 4. The van der Waals surface area contributed by atoms with Crippen molar-refractivity contribution in [2.45, 2.75) is 20.3 Å². The molecule has 0 aliphatic rings. The van der Waals surface area contributed by atoms with E-state index < -0.39 is 0 Å². The number of thiophene rings is 1. The zero-order valence-electron chi connectivity index (χ0n) is 18.0. The quantitative estimate of drug-likeness (QED) is 0.257. The van der Waals surface area contributed by atoms with Crippen LogP contribution in [0.1, 0.15) is 27.4 Å². The average molecular weight is 438 g/mol. The first-order valence-electron chi connectivity index (χ1n) is 10.5. The second-order valence-electron chi connectivity index (χ2n) is 7.68. The first-order valence-corrected chi connectivity index (χ1v) is 11.3. The van der Waals surface area contributed by atoms with Gasteiger partial charge >= 0.3 is 0 Å². The number of hydrazone groups is 1. The molecule has 0 fully saturated rings. The van der Waals surface area contributed by atoms with E-state index >= 15 is 0 Å². The Morgan fingerprint density at radius 1 is 0.969 bits per heavy atom. The van der Waals surface area contributed by atoms with Crippen LogP contribution in [-0.2, 0) is 6.42 Å². The van der Waals surface area contributed by atoms with E-state index in [1.165, 1.54) is 16.1 Å². The maximum atomic E-state index is 4.49. The molecule has 0 aliphatic heterocycles. The fourth-order valence-electron chi connectivity index (χ4n) is 3.93. The minimum atomic E-state index is 0.721. The lowest BCUT2D eigenvalue weighted by Crippen LogP contribution is -1.99. The van der Waals surface area contributed by atoms with Gasteiger partial charge in [-0.15, -0.1) is 11.3 Å². The molecule has 0 amide bonds. The lowest BCUT2D eigenvalue weighted by atomic mass is 10.1. The van der Waals surface area contributed by atoms with E-state index in [1.54, 1.807) is 17.7 Å². The van der Waals surface area contributed by atoms with E-state index in [4.69, 9.17) is 0 Å². The number of hydrogen-bond donors (Lipinski definition) is 1. The number of benzene rings is 2. The molecule has 0 saturated heterocycles. The Bertz CT molecular complexity index is 1380. The minimum absolute atomic E-state index is 0.721. The maximum Gasteiger partial charge on any atom is 0.158 e. The molecule has 1 N–H and O–H groups in total. The second kappa shape index (κ2) is 8.77. The summed E-state index contributed by atoms with van der Waals surface area (Å²) < 4.78 is 2.24. The van der Waals surface area contributed by atoms with Crippen LogP contribution in [0.2, 0.25) is 0 Å². The van der Waals surface area contributed by atoms with Crippen LogP contribution < -0.4 is 5.43 Å². The molecule has 0 unspecified atom stereocenters. The van der Waals surface area contributed by atoms with Crippen molar-refractivity contribution in [3.63, 3.8) is 0 Å². The monoisotopic (exact) mass is 437 g/mol. The van der Waals surface area contributed by atoms with Crippen LogP contribution in [-0.4, -0.2) is 20.7 Å². The Morgan fingerprint density at radius 2 is 1.72 bits per heavy atom. The summed E-state index contributed by atoms with van der Waals surface area (Å²) in [5.74, 6) is 0.721. The summed E-state index contributed by atoms with van der Waals surface area (Å²) in [5, 5.41) is 5.49. The smallest absolute Gasteiger partial charge is 0.158 e. The summed E-state index contributed by atoms with van der Waals surface area (Å²) in [6, 6.07) is 25.1. The molecule has 0 radical (unpaired) electrons. The van der Waals surface area contributed by atoms with Gasteiger partial charge in [-0.1, -0.05) is 48.5 Å². The van der Waals surface area contributed by atoms with E-state index in [-0.39, 0.29) is 0 Å². The van der Waals surface area contributed by atoms with E-state index in [1.807, 2.05) is 18.3 Å². The van der Waals surface area contributed by atoms with Gasteiger partial charge in [0, 0.05) is 33.9 Å². The third-order valence-corrected chi connectivity index (χ3v) is 6.50. The van der Waals surface area contributed by atoms with Crippen molar-refractivity contribution in [2.24, 2.45) is 5.10 Å². The Balaban J connectivity index is 1.38. The topological polar surface area (TPSA) is 55.1 Å². The van der Waals surface area contributed by atoms with Gasteiger partial charge < -0.3 is 4.57 Å². The predicted molar refractivity (Wildman–Crippen MR) is 133 cm³/mol. The van der Waals surface area contributed by atoms with Gasteiger partial charge in [0.15, 0.2) is 5.82 Å². The number of nitrogens with one attached hydrogen (secondary N) is 1. The van der Waals surface area contributed by atoms with Gasteiger partial charge in [-0.25, -0.2) is 9.97 Å². The molecule has 3 aromatic heterocycles. The van der Waals surface area contributed by atoms with Crippen LogP contribution in [0.15, 0.2) is 84.2 Å². The third-order valence-electron chi connectivity index (χ3n) is 5.46. The minimum Gasteiger partial charge on any atom is -0.318 e. The van der Waals surface area contributed by atoms with Crippen LogP contribution in [0.4, 0.5) is 5.82 Å². The largest absolute Gasteiger partial charge is 0.318 e. The molecule has 5 aromatic rings. The van der Waals surface area contributed by atoms with Gasteiger partial charge in [-0.3, -0.25) is 5.43 Å². The number of para-hydroxylation sites is 1. The molecule has 0 spiro atoms. The molecular weight excluding hydrogens is 414 g/mol. The first kappa shape index (κ1) is 20.2. The number of fused-ring (bicyclic) bond motifs is 1. The second-order valence-corrected chi connectivity index (χ2v) is 8.80. The molecule has 0 saturated carbocycles. The number of rotatable bonds is 6. The van der Waals surface area contributed by atoms with Crippen molar-refractivity contribution in [3.8, 4) is 5.69 Å². The molecule has 0 atom stereocenters. The molecule has 32 heavy (non-hydrogen) atoms. The summed E-state index contributed by atoms with van der Waals surface area (Å²) in [6.07, 6.45) is 4.33. The molecule has 0 aliphatic carbocycles. The first-order chi connectivity index (χ1) is 15.7. The van der Waals surface area contributed by atoms with Crippen LogP contribution in [0, 0.1) is 13.8 Å². The van der Waals surface area contributed by atoms with E-state index in [0.717, 1.165) is 39.4 Å². The van der Waals surface area contributed by atoms with Crippen LogP contribution in [0.3, 0.4) is 0 Å². The molecule has 5 nitrogen and oxygen atoms in total. The summed E-state index contributed by atoms with van der Waals surface area (Å²) in [4.78, 5) is 11.1. The van der Waals surface area contributed by atoms with Crippen molar-refractivity contribution in [3.05, 3.63) is 107 Å². The zero-order chi connectivity index (χ0) is 21.9. The lowest BCUT2D eigenvalue weighted by Gasteiger charge is -2.09. The van der Waals surface area contributed by atoms with Crippen LogP contribution in [0.5, 0.6) is 0 Å². The molecule has 0 bridgehead atoms.